The maximum absolute atomic E-state index is 12.7. The highest BCUT2D eigenvalue weighted by Gasteiger charge is 2.24. The average molecular weight is 464 g/mol. The minimum absolute atomic E-state index is 0.0464. The van der Waals surface area contributed by atoms with E-state index < -0.39 is 21.8 Å². The minimum atomic E-state index is -3.78. The highest BCUT2D eigenvalue weighted by atomic mass is 35.5. The van der Waals surface area contributed by atoms with Crippen molar-refractivity contribution in [2.24, 2.45) is 0 Å². The van der Waals surface area contributed by atoms with Crippen LogP contribution in [0.4, 0.5) is 0 Å². The van der Waals surface area contributed by atoms with E-state index in [-0.39, 0.29) is 34.3 Å². The molecule has 2 N–H and O–H groups in total. The summed E-state index contributed by atoms with van der Waals surface area (Å²) in [5.74, 6) is -1.35. The number of amides is 2. The Morgan fingerprint density at radius 3 is 2.32 bits per heavy atom. The molecule has 0 aliphatic carbocycles. The van der Waals surface area contributed by atoms with Crippen molar-refractivity contribution < 1.29 is 22.4 Å². The van der Waals surface area contributed by atoms with Gasteiger partial charge in [-0.1, -0.05) is 43.6 Å². The Bertz CT molecular complexity index is 1250. The minimum Gasteiger partial charge on any atom is -0.451 e. The van der Waals surface area contributed by atoms with Gasteiger partial charge in [0, 0.05) is 24.0 Å². The zero-order valence-corrected chi connectivity index (χ0v) is 18.8. The van der Waals surface area contributed by atoms with E-state index in [0.29, 0.717) is 11.1 Å². The number of benzene rings is 2. The van der Waals surface area contributed by atoms with Crippen LogP contribution < -0.4 is 10.9 Å². The molecule has 0 radical (unpaired) electrons. The number of para-hydroxylation sites is 1. The molecule has 0 saturated heterocycles. The first-order chi connectivity index (χ1) is 14.7. The Morgan fingerprint density at radius 2 is 1.68 bits per heavy atom. The van der Waals surface area contributed by atoms with E-state index in [1.807, 2.05) is 12.1 Å². The Morgan fingerprint density at radius 1 is 1.03 bits per heavy atom. The van der Waals surface area contributed by atoms with E-state index >= 15 is 0 Å². The van der Waals surface area contributed by atoms with Crippen molar-refractivity contribution in [1.82, 2.24) is 15.2 Å². The average Bonchev–Trinajstić information content (AvgIpc) is 3.09. The number of furan rings is 1. The van der Waals surface area contributed by atoms with Crippen molar-refractivity contribution in [1.29, 1.82) is 0 Å². The SMILES string of the molecule is CCN(CC)S(=O)(=O)c1ccc(Cl)c(C(=O)NNC(=O)c2oc3ccccc3c2C)c1. The molecule has 10 heteroatoms. The number of rotatable bonds is 6. The molecule has 0 bridgehead atoms. The van der Waals surface area contributed by atoms with Gasteiger partial charge in [0.05, 0.1) is 15.5 Å². The van der Waals surface area contributed by atoms with E-state index in [2.05, 4.69) is 10.9 Å². The lowest BCUT2D eigenvalue weighted by Gasteiger charge is -2.19. The third-order valence-electron chi connectivity index (χ3n) is 4.87. The van der Waals surface area contributed by atoms with Crippen molar-refractivity contribution in [2.45, 2.75) is 25.7 Å². The number of carbonyl (C=O) groups is 2. The molecule has 31 heavy (non-hydrogen) atoms. The van der Waals surface area contributed by atoms with Crippen molar-refractivity contribution in [3.63, 3.8) is 0 Å². The van der Waals surface area contributed by atoms with Gasteiger partial charge in [-0.05, 0) is 31.2 Å². The highest BCUT2D eigenvalue weighted by Crippen LogP contribution is 2.25. The number of carbonyl (C=O) groups excluding carboxylic acids is 2. The molecule has 1 aromatic heterocycles. The van der Waals surface area contributed by atoms with Gasteiger partial charge in [-0.3, -0.25) is 20.4 Å². The van der Waals surface area contributed by atoms with E-state index in [4.69, 9.17) is 16.0 Å². The molecule has 0 aliphatic heterocycles. The quantitative estimate of drug-likeness (QED) is 0.544. The van der Waals surface area contributed by atoms with Crippen molar-refractivity contribution in [2.75, 3.05) is 13.1 Å². The second kappa shape index (κ2) is 9.09. The van der Waals surface area contributed by atoms with Crippen LogP contribution in [0.1, 0.15) is 40.3 Å². The van der Waals surface area contributed by atoms with Crippen molar-refractivity contribution in [3.8, 4) is 0 Å². The van der Waals surface area contributed by atoms with Gasteiger partial charge in [0.15, 0.2) is 5.76 Å². The molecule has 2 amide bonds. The van der Waals surface area contributed by atoms with Crippen LogP contribution in [0.25, 0.3) is 11.0 Å². The number of halogens is 1. The number of nitrogens with zero attached hydrogens (tertiary/aromatic N) is 1. The fraction of sp³-hybridized carbons (Fsp3) is 0.238. The third kappa shape index (κ3) is 4.43. The molecule has 164 valence electrons. The number of aryl methyl sites for hydroxylation is 1. The van der Waals surface area contributed by atoms with Gasteiger partial charge in [-0.15, -0.1) is 0 Å². The summed E-state index contributed by atoms with van der Waals surface area (Å²) < 4.78 is 32.3. The summed E-state index contributed by atoms with van der Waals surface area (Å²) in [4.78, 5) is 25.0. The standard InChI is InChI=1S/C21H22ClN3O5S/c1-4-25(5-2)31(28,29)14-10-11-17(22)16(12-14)20(26)23-24-21(27)19-13(3)15-8-6-7-9-18(15)30-19/h6-12H,4-5H2,1-3H3,(H,23,26)(H,24,27). The van der Waals surface area contributed by atoms with Gasteiger partial charge in [-0.2, -0.15) is 4.31 Å². The molecule has 1 heterocycles. The Labute approximate surface area is 185 Å². The molecule has 2 aromatic carbocycles. The van der Waals surface area contributed by atoms with Crippen LogP contribution in [-0.4, -0.2) is 37.6 Å². The molecule has 0 spiro atoms. The van der Waals surface area contributed by atoms with Crippen LogP contribution in [0.15, 0.2) is 51.8 Å². The predicted octanol–water partition coefficient (Wildman–Crippen LogP) is 3.50. The normalized spacial score (nSPS) is 11.6. The second-order valence-electron chi connectivity index (χ2n) is 6.69. The first-order valence-electron chi connectivity index (χ1n) is 9.59. The smallest absolute Gasteiger partial charge is 0.305 e. The summed E-state index contributed by atoms with van der Waals surface area (Å²) in [6, 6.07) is 11.0. The molecular weight excluding hydrogens is 442 g/mol. The number of fused-ring (bicyclic) bond motifs is 1. The van der Waals surface area contributed by atoms with Crippen LogP contribution in [0.3, 0.4) is 0 Å². The van der Waals surface area contributed by atoms with E-state index in [1.54, 1.807) is 32.9 Å². The fourth-order valence-corrected chi connectivity index (χ4v) is 4.87. The highest BCUT2D eigenvalue weighted by molar-refractivity contribution is 7.89. The first kappa shape index (κ1) is 22.8. The molecule has 0 aliphatic rings. The maximum atomic E-state index is 12.7. The lowest BCUT2D eigenvalue weighted by atomic mass is 10.1. The van der Waals surface area contributed by atoms with Gasteiger partial charge >= 0.3 is 5.91 Å². The van der Waals surface area contributed by atoms with Gasteiger partial charge in [0.2, 0.25) is 10.0 Å². The monoisotopic (exact) mass is 463 g/mol. The number of hydrazine groups is 1. The summed E-state index contributed by atoms with van der Waals surface area (Å²) in [5, 5.41) is 0.835. The number of sulfonamides is 1. The zero-order valence-electron chi connectivity index (χ0n) is 17.2. The topological polar surface area (TPSA) is 109 Å². The fourth-order valence-electron chi connectivity index (χ4n) is 3.18. The molecule has 3 rings (SSSR count). The summed E-state index contributed by atoms with van der Waals surface area (Å²) >= 11 is 6.10. The number of nitrogens with one attached hydrogen (secondary N) is 2. The van der Waals surface area contributed by atoms with Crippen LogP contribution in [0.2, 0.25) is 5.02 Å². The lowest BCUT2D eigenvalue weighted by molar-refractivity contribution is 0.0831. The van der Waals surface area contributed by atoms with E-state index in [1.165, 1.54) is 22.5 Å². The van der Waals surface area contributed by atoms with Gasteiger partial charge < -0.3 is 4.42 Å². The molecule has 3 aromatic rings. The van der Waals surface area contributed by atoms with Crippen LogP contribution in [0.5, 0.6) is 0 Å². The molecule has 0 saturated carbocycles. The molecule has 0 unspecified atom stereocenters. The van der Waals surface area contributed by atoms with Crippen molar-refractivity contribution >= 4 is 44.4 Å². The summed E-state index contributed by atoms with van der Waals surface area (Å²) in [6.45, 7) is 5.76. The Kier molecular flexibility index (Phi) is 6.68. The molecule has 0 atom stereocenters. The second-order valence-corrected chi connectivity index (χ2v) is 9.04. The van der Waals surface area contributed by atoms with Gasteiger partial charge in [0.1, 0.15) is 5.58 Å². The lowest BCUT2D eigenvalue weighted by Crippen LogP contribution is -2.42. The first-order valence-corrected chi connectivity index (χ1v) is 11.4. The van der Waals surface area contributed by atoms with Gasteiger partial charge in [-0.25, -0.2) is 8.42 Å². The summed E-state index contributed by atoms with van der Waals surface area (Å²) in [7, 11) is -3.78. The van der Waals surface area contributed by atoms with Crippen LogP contribution >= 0.6 is 11.6 Å². The van der Waals surface area contributed by atoms with Crippen LogP contribution in [0, 0.1) is 6.92 Å². The molecular formula is C21H22ClN3O5S. The summed E-state index contributed by atoms with van der Waals surface area (Å²) in [6.07, 6.45) is 0. The predicted molar refractivity (Wildman–Crippen MR) is 117 cm³/mol. The van der Waals surface area contributed by atoms with Crippen LogP contribution in [-0.2, 0) is 10.0 Å². The molecule has 0 fully saturated rings. The van der Waals surface area contributed by atoms with Crippen molar-refractivity contribution in [3.05, 3.63) is 64.4 Å². The number of hydrogen-bond donors (Lipinski definition) is 2. The maximum Gasteiger partial charge on any atom is 0.305 e. The van der Waals surface area contributed by atoms with E-state index in [9.17, 15) is 18.0 Å². The summed E-state index contributed by atoms with van der Waals surface area (Å²) in [5.41, 5.74) is 5.63. The Hall–Kier alpha value is -2.88. The number of hydrogen-bond acceptors (Lipinski definition) is 5. The van der Waals surface area contributed by atoms with E-state index in [0.717, 1.165) is 5.39 Å². The van der Waals surface area contributed by atoms with Gasteiger partial charge in [0.25, 0.3) is 5.91 Å². The zero-order chi connectivity index (χ0) is 22.8. The largest absolute Gasteiger partial charge is 0.451 e. The molecule has 8 nitrogen and oxygen atoms in total. The Balaban J connectivity index is 1.80. The third-order valence-corrected chi connectivity index (χ3v) is 7.24.